The van der Waals surface area contributed by atoms with Crippen molar-refractivity contribution in [3.63, 3.8) is 0 Å². The first-order chi connectivity index (χ1) is 13.3. The van der Waals surface area contributed by atoms with Gasteiger partial charge in [-0.25, -0.2) is 0 Å². The Labute approximate surface area is 169 Å². The molecule has 0 radical (unpaired) electrons. The van der Waals surface area contributed by atoms with Gasteiger partial charge < -0.3 is 15.0 Å². The summed E-state index contributed by atoms with van der Waals surface area (Å²) in [6.07, 6.45) is 3.38. The first-order valence-corrected chi connectivity index (χ1v) is 10.6. The number of ether oxygens (including phenoxy) is 1. The highest BCUT2D eigenvalue weighted by Crippen LogP contribution is 2.30. The largest absolute Gasteiger partial charge is 0.483 e. The van der Waals surface area contributed by atoms with Crippen molar-refractivity contribution in [2.45, 2.75) is 71.8 Å². The normalized spacial score (nSPS) is 15.6. The summed E-state index contributed by atoms with van der Waals surface area (Å²) in [5.74, 6) is 1.04. The summed E-state index contributed by atoms with van der Waals surface area (Å²) in [5.41, 5.74) is 1.05. The van der Waals surface area contributed by atoms with E-state index in [-0.39, 0.29) is 35.8 Å². The standard InChI is InChI=1S/C23H36N2O3/c1-6-17(7-2)22(27)25-14-12-18(13-15-25)24-21(26)16-28-20-11-9-8-10-19(20)23(3,4)5/h8-11,17-18H,6-7,12-16H2,1-5H3,(H,24,26). The van der Waals surface area contributed by atoms with E-state index in [2.05, 4.69) is 39.9 Å². The number of carbonyl (C=O) groups excluding carboxylic acids is 2. The molecular formula is C23H36N2O3. The number of benzene rings is 1. The van der Waals surface area contributed by atoms with Gasteiger partial charge in [-0.3, -0.25) is 9.59 Å². The average molecular weight is 389 g/mol. The monoisotopic (exact) mass is 388 g/mol. The lowest BCUT2D eigenvalue weighted by molar-refractivity contribution is -0.137. The van der Waals surface area contributed by atoms with Crippen LogP contribution < -0.4 is 10.1 Å². The maximum atomic E-state index is 12.5. The number of hydrogen-bond donors (Lipinski definition) is 1. The highest BCUT2D eigenvalue weighted by Gasteiger charge is 2.27. The molecule has 0 aromatic heterocycles. The van der Waals surface area contributed by atoms with Crippen LogP contribution in [0.15, 0.2) is 24.3 Å². The molecule has 1 aromatic carbocycles. The molecule has 5 nitrogen and oxygen atoms in total. The molecule has 156 valence electrons. The van der Waals surface area contributed by atoms with Crippen molar-refractivity contribution >= 4 is 11.8 Å². The first kappa shape index (κ1) is 22.3. The summed E-state index contributed by atoms with van der Waals surface area (Å²) in [6.45, 7) is 12.0. The second kappa shape index (κ2) is 9.94. The number of nitrogens with one attached hydrogen (secondary N) is 1. The summed E-state index contributed by atoms with van der Waals surface area (Å²) in [7, 11) is 0. The van der Waals surface area contributed by atoms with E-state index in [4.69, 9.17) is 4.74 Å². The van der Waals surface area contributed by atoms with Crippen LogP contribution in [0.5, 0.6) is 5.75 Å². The van der Waals surface area contributed by atoms with Gasteiger partial charge in [0.1, 0.15) is 5.75 Å². The van der Waals surface area contributed by atoms with Crippen LogP contribution in [-0.2, 0) is 15.0 Å². The summed E-state index contributed by atoms with van der Waals surface area (Å²) in [6, 6.07) is 7.98. The Morgan fingerprint density at radius 1 is 1.14 bits per heavy atom. The predicted octanol–water partition coefficient (Wildman–Crippen LogP) is 3.91. The minimum absolute atomic E-state index is 0.0139. The smallest absolute Gasteiger partial charge is 0.258 e. The molecule has 0 unspecified atom stereocenters. The fourth-order valence-corrected chi connectivity index (χ4v) is 3.77. The summed E-state index contributed by atoms with van der Waals surface area (Å²) in [5, 5.41) is 3.06. The van der Waals surface area contributed by atoms with Gasteiger partial charge in [-0.15, -0.1) is 0 Å². The molecule has 28 heavy (non-hydrogen) atoms. The Bertz CT molecular complexity index is 654. The van der Waals surface area contributed by atoms with Crippen LogP contribution in [0.3, 0.4) is 0 Å². The molecule has 1 aliphatic rings. The van der Waals surface area contributed by atoms with Gasteiger partial charge in [-0.1, -0.05) is 52.8 Å². The molecule has 0 bridgehead atoms. The number of piperidine rings is 1. The Kier molecular flexibility index (Phi) is 7.90. The lowest BCUT2D eigenvalue weighted by Gasteiger charge is -2.34. The van der Waals surface area contributed by atoms with E-state index in [9.17, 15) is 9.59 Å². The van der Waals surface area contributed by atoms with Crippen molar-refractivity contribution in [2.24, 2.45) is 5.92 Å². The van der Waals surface area contributed by atoms with Crippen LogP contribution in [0.2, 0.25) is 0 Å². The van der Waals surface area contributed by atoms with Gasteiger partial charge in [-0.05, 0) is 42.7 Å². The summed E-state index contributed by atoms with van der Waals surface area (Å²) >= 11 is 0. The van der Waals surface area contributed by atoms with E-state index in [0.717, 1.165) is 37.0 Å². The number of nitrogens with zero attached hydrogens (tertiary/aromatic N) is 1. The van der Waals surface area contributed by atoms with Crippen LogP contribution in [0, 0.1) is 5.92 Å². The topological polar surface area (TPSA) is 58.6 Å². The third kappa shape index (κ3) is 5.98. The Balaban J connectivity index is 1.81. The molecule has 1 fully saturated rings. The lowest BCUT2D eigenvalue weighted by Crippen LogP contribution is -2.48. The molecule has 5 heteroatoms. The third-order valence-electron chi connectivity index (χ3n) is 5.56. The van der Waals surface area contributed by atoms with E-state index >= 15 is 0 Å². The van der Waals surface area contributed by atoms with Crippen molar-refractivity contribution in [1.82, 2.24) is 10.2 Å². The van der Waals surface area contributed by atoms with Crippen LogP contribution in [0.25, 0.3) is 0 Å². The zero-order valence-electron chi connectivity index (χ0n) is 18.1. The molecule has 1 aliphatic heterocycles. The minimum Gasteiger partial charge on any atom is -0.483 e. The van der Waals surface area contributed by atoms with E-state index in [1.54, 1.807) is 0 Å². The van der Waals surface area contributed by atoms with Crippen molar-refractivity contribution < 1.29 is 14.3 Å². The molecule has 2 amide bonds. The Hall–Kier alpha value is -2.04. The number of carbonyl (C=O) groups is 2. The van der Waals surface area contributed by atoms with E-state index in [0.29, 0.717) is 13.1 Å². The van der Waals surface area contributed by atoms with Crippen LogP contribution in [0.4, 0.5) is 0 Å². The third-order valence-corrected chi connectivity index (χ3v) is 5.56. The summed E-state index contributed by atoms with van der Waals surface area (Å²) < 4.78 is 5.81. The molecule has 0 aliphatic carbocycles. The van der Waals surface area contributed by atoms with E-state index in [1.807, 2.05) is 29.2 Å². The minimum atomic E-state index is -0.103. The van der Waals surface area contributed by atoms with Crippen LogP contribution in [-0.4, -0.2) is 42.5 Å². The molecule has 1 aromatic rings. The fraction of sp³-hybridized carbons (Fsp3) is 0.652. The quantitative estimate of drug-likeness (QED) is 0.770. The van der Waals surface area contributed by atoms with Crippen LogP contribution >= 0.6 is 0 Å². The zero-order valence-corrected chi connectivity index (χ0v) is 18.1. The van der Waals surface area contributed by atoms with Gasteiger partial charge in [0.15, 0.2) is 6.61 Å². The number of rotatable bonds is 7. The zero-order chi connectivity index (χ0) is 20.7. The highest BCUT2D eigenvalue weighted by molar-refractivity contribution is 5.79. The van der Waals surface area contributed by atoms with Gasteiger partial charge in [0.25, 0.3) is 5.91 Å². The van der Waals surface area contributed by atoms with Gasteiger partial charge in [0, 0.05) is 25.0 Å². The first-order valence-electron chi connectivity index (χ1n) is 10.6. The van der Waals surface area contributed by atoms with Gasteiger partial charge in [0.2, 0.25) is 5.91 Å². The average Bonchev–Trinajstić information content (AvgIpc) is 2.67. The molecule has 0 atom stereocenters. The second-order valence-corrected chi connectivity index (χ2v) is 8.72. The highest BCUT2D eigenvalue weighted by atomic mass is 16.5. The van der Waals surface area contributed by atoms with Crippen LogP contribution in [0.1, 0.15) is 65.9 Å². The molecule has 1 saturated heterocycles. The summed E-state index contributed by atoms with van der Waals surface area (Å²) in [4.78, 5) is 26.8. The van der Waals surface area contributed by atoms with Crippen molar-refractivity contribution in [1.29, 1.82) is 0 Å². The van der Waals surface area contributed by atoms with Gasteiger partial charge in [0.05, 0.1) is 0 Å². The SMILES string of the molecule is CCC(CC)C(=O)N1CCC(NC(=O)COc2ccccc2C(C)(C)C)CC1. The van der Waals surface area contributed by atoms with Crippen molar-refractivity contribution in [2.75, 3.05) is 19.7 Å². The molecule has 1 N–H and O–H groups in total. The van der Waals surface area contributed by atoms with Crippen molar-refractivity contribution in [3.8, 4) is 5.75 Å². The number of hydrogen-bond acceptors (Lipinski definition) is 3. The fourth-order valence-electron chi connectivity index (χ4n) is 3.77. The van der Waals surface area contributed by atoms with E-state index < -0.39 is 0 Å². The number of amides is 2. The molecule has 0 saturated carbocycles. The lowest BCUT2D eigenvalue weighted by atomic mass is 9.86. The molecule has 1 heterocycles. The van der Waals surface area contributed by atoms with Gasteiger partial charge >= 0.3 is 0 Å². The Morgan fingerprint density at radius 3 is 2.32 bits per heavy atom. The maximum Gasteiger partial charge on any atom is 0.258 e. The van der Waals surface area contributed by atoms with Gasteiger partial charge in [-0.2, -0.15) is 0 Å². The molecular weight excluding hydrogens is 352 g/mol. The Morgan fingerprint density at radius 2 is 1.75 bits per heavy atom. The second-order valence-electron chi connectivity index (χ2n) is 8.72. The maximum absolute atomic E-state index is 12.5. The molecule has 2 rings (SSSR count). The number of para-hydroxylation sites is 1. The predicted molar refractivity (Wildman–Crippen MR) is 112 cm³/mol. The number of likely N-dealkylation sites (tertiary alicyclic amines) is 1. The van der Waals surface area contributed by atoms with Crippen molar-refractivity contribution in [3.05, 3.63) is 29.8 Å². The van der Waals surface area contributed by atoms with E-state index in [1.165, 1.54) is 0 Å². The molecule has 0 spiro atoms.